The van der Waals surface area contributed by atoms with E-state index in [-0.39, 0.29) is 29.7 Å². The minimum Gasteiger partial charge on any atom is -0.450 e. The summed E-state index contributed by atoms with van der Waals surface area (Å²) in [5, 5.41) is 3.00. The van der Waals surface area contributed by atoms with Crippen molar-refractivity contribution in [3.63, 3.8) is 0 Å². The van der Waals surface area contributed by atoms with Gasteiger partial charge in [0.2, 0.25) is 11.8 Å². The molecule has 7 heteroatoms. The highest BCUT2D eigenvalue weighted by Gasteiger charge is 2.49. The molecule has 0 spiro atoms. The van der Waals surface area contributed by atoms with E-state index in [0.29, 0.717) is 45.8 Å². The van der Waals surface area contributed by atoms with Crippen LogP contribution in [0.2, 0.25) is 0 Å². The van der Waals surface area contributed by atoms with Crippen molar-refractivity contribution in [2.45, 2.75) is 45.4 Å². The topological polar surface area (TPSA) is 79.0 Å². The van der Waals surface area contributed by atoms with Gasteiger partial charge in [0.15, 0.2) is 0 Å². The van der Waals surface area contributed by atoms with Gasteiger partial charge in [-0.15, -0.1) is 0 Å². The summed E-state index contributed by atoms with van der Waals surface area (Å²) >= 11 is 0. The van der Waals surface area contributed by atoms with E-state index in [1.807, 2.05) is 0 Å². The fraction of sp³-hybridized carbons (Fsp3) is 0.750. The van der Waals surface area contributed by atoms with Crippen LogP contribution in [0.3, 0.4) is 0 Å². The zero-order valence-corrected chi connectivity index (χ0v) is 16.2. The molecule has 1 N–H and O–H groups in total. The standard InChI is InChI=1S/C20H31N3O4/c1-2-27-20(26)23-12-10-22(11-13-23)19(25)17-14-16(17)18(24)21-9-8-15-6-4-3-5-7-15/h6,16-17H,2-5,7-14H2,1H3,(H,21,24). The van der Waals surface area contributed by atoms with E-state index in [2.05, 4.69) is 11.4 Å². The number of amides is 3. The molecule has 1 saturated heterocycles. The summed E-state index contributed by atoms with van der Waals surface area (Å²) in [6.07, 6.45) is 8.39. The first kappa shape index (κ1) is 19.7. The van der Waals surface area contributed by atoms with E-state index < -0.39 is 0 Å². The highest BCUT2D eigenvalue weighted by Crippen LogP contribution is 2.40. The Morgan fingerprint density at radius 3 is 2.52 bits per heavy atom. The molecule has 1 saturated carbocycles. The Bertz CT molecular complexity index is 596. The van der Waals surface area contributed by atoms with Crippen LogP contribution < -0.4 is 5.32 Å². The lowest BCUT2D eigenvalue weighted by Gasteiger charge is -2.34. The number of hydrogen-bond donors (Lipinski definition) is 1. The molecule has 3 rings (SSSR count). The van der Waals surface area contributed by atoms with Gasteiger partial charge in [-0.05, 0) is 45.4 Å². The molecule has 2 atom stereocenters. The molecule has 0 bridgehead atoms. The van der Waals surface area contributed by atoms with Crippen LogP contribution in [-0.4, -0.2) is 67.0 Å². The first-order valence-corrected chi connectivity index (χ1v) is 10.3. The molecule has 2 unspecified atom stereocenters. The van der Waals surface area contributed by atoms with Gasteiger partial charge in [0.25, 0.3) is 0 Å². The molecule has 1 heterocycles. The average molecular weight is 377 g/mol. The Labute approximate surface area is 161 Å². The van der Waals surface area contributed by atoms with Crippen LogP contribution >= 0.6 is 0 Å². The smallest absolute Gasteiger partial charge is 0.409 e. The predicted molar refractivity (Wildman–Crippen MR) is 101 cm³/mol. The van der Waals surface area contributed by atoms with E-state index in [1.54, 1.807) is 16.7 Å². The Hall–Kier alpha value is -2.05. The average Bonchev–Trinajstić information content (AvgIpc) is 3.49. The number of piperazine rings is 1. The molecular formula is C20H31N3O4. The van der Waals surface area contributed by atoms with E-state index in [0.717, 1.165) is 19.3 Å². The largest absolute Gasteiger partial charge is 0.450 e. The summed E-state index contributed by atoms with van der Waals surface area (Å²) in [4.78, 5) is 40.0. The third-order valence-corrected chi connectivity index (χ3v) is 5.69. The number of carbonyl (C=O) groups excluding carboxylic acids is 3. The number of rotatable bonds is 6. The summed E-state index contributed by atoms with van der Waals surface area (Å²) in [5.41, 5.74) is 1.45. The fourth-order valence-electron chi connectivity index (χ4n) is 3.93. The molecular weight excluding hydrogens is 346 g/mol. The third kappa shape index (κ3) is 5.23. The van der Waals surface area contributed by atoms with Crippen LogP contribution in [0.4, 0.5) is 4.79 Å². The maximum atomic E-state index is 12.6. The Morgan fingerprint density at radius 2 is 1.85 bits per heavy atom. The molecule has 27 heavy (non-hydrogen) atoms. The number of nitrogens with one attached hydrogen (secondary N) is 1. The molecule has 0 aromatic rings. The van der Waals surface area contributed by atoms with Crippen LogP contribution in [0.1, 0.15) is 45.4 Å². The van der Waals surface area contributed by atoms with E-state index in [9.17, 15) is 14.4 Å². The number of ether oxygens (including phenoxy) is 1. The van der Waals surface area contributed by atoms with Crippen molar-refractivity contribution in [1.82, 2.24) is 15.1 Å². The van der Waals surface area contributed by atoms with Crippen molar-refractivity contribution < 1.29 is 19.1 Å². The Kier molecular flexibility index (Phi) is 6.74. The number of hydrogen-bond acceptors (Lipinski definition) is 4. The minimum absolute atomic E-state index is 0.00918. The summed E-state index contributed by atoms with van der Waals surface area (Å²) < 4.78 is 4.99. The molecule has 2 aliphatic carbocycles. The van der Waals surface area contributed by atoms with Gasteiger partial charge < -0.3 is 19.9 Å². The summed E-state index contributed by atoms with van der Waals surface area (Å²) in [5.74, 6) is -0.308. The van der Waals surface area contributed by atoms with Gasteiger partial charge >= 0.3 is 6.09 Å². The van der Waals surface area contributed by atoms with Gasteiger partial charge in [-0.2, -0.15) is 0 Å². The SMILES string of the molecule is CCOC(=O)N1CCN(C(=O)C2CC2C(=O)NCCC2=CCCCC2)CC1. The lowest BCUT2D eigenvalue weighted by Crippen LogP contribution is -2.51. The van der Waals surface area contributed by atoms with Gasteiger partial charge in [0.1, 0.15) is 0 Å². The fourth-order valence-corrected chi connectivity index (χ4v) is 3.93. The van der Waals surface area contributed by atoms with Crippen molar-refractivity contribution >= 4 is 17.9 Å². The van der Waals surface area contributed by atoms with Crippen LogP contribution in [0, 0.1) is 11.8 Å². The third-order valence-electron chi connectivity index (χ3n) is 5.69. The first-order chi connectivity index (χ1) is 13.1. The van der Waals surface area contributed by atoms with Gasteiger partial charge in [0.05, 0.1) is 18.4 Å². The van der Waals surface area contributed by atoms with Gasteiger partial charge in [-0.1, -0.05) is 11.6 Å². The second-order valence-corrected chi connectivity index (χ2v) is 7.61. The summed E-state index contributed by atoms with van der Waals surface area (Å²) in [6, 6.07) is 0. The molecule has 150 valence electrons. The van der Waals surface area contributed by atoms with Crippen molar-refractivity contribution in [3.8, 4) is 0 Å². The van der Waals surface area contributed by atoms with Crippen LogP contribution in [0.15, 0.2) is 11.6 Å². The molecule has 7 nitrogen and oxygen atoms in total. The second kappa shape index (κ2) is 9.24. The minimum atomic E-state index is -0.318. The predicted octanol–water partition coefficient (Wildman–Crippen LogP) is 1.93. The quantitative estimate of drug-likeness (QED) is 0.718. The lowest BCUT2D eigenvalue weighted by molar-refractivity contribution is -0.136. The summed E-state index contributed by atoms with van der Waals surface area (Å²) in [6.45, 7) is 4.80. The van der Waals surface area contributed by atoms with Crippen molar-refractivity contribution in [1.29, 1.82) is 0 Å². The van der Waals surface area contributed by atoms with Crippen LogP contribution in [-0.2, 0) is 14.3 Å². The number of allylic oxidation sites excluding steroid dienone is 1. The highest BCUT2D eigenvalue weighted by atomic mass is 16.6. The van der Waals surface area contributed by atoms with E-state index >= 15 is 0 Å². The number of carbonyl (C=O) groups is 3. The highest BCUT2D eigenvalue weighted by molar-refractivity contribution is 5.92. The van der Waals surface area contributed by atoms with Crippen LogP contribution in [0.5, 0.6) is 0 Å². The molecule has 2 fully saturated rings. The maximum absolute atomic E-state index is 12.6. The maximum Gasteiger partial charge on any atom is 0.409 e. The van der Waals surface area contributed by atoms with Crippen molar-refractivity contribution in [2.75, 3.05) is 39.3 Å². The van der Waals surface area contributed by atoms with E-state index in [1.165, 1.54) is 18.4 Å². The zero-order valence-electron chi connectivity index (χ0n) is 16.2. The van der Waals surface area contributed by atoms with Gasteiger partial charge in [0, 0.05) is 32.7 Å². The Morgan fingerprint density at radius 1 is 1.11 bits per heavy atom. The lowest BCUT2D eigenvalue weighted by atomic mass is 9.97. The second-order valence-electron chi connectivity index (χ2n) is 7.61. The van der Waals surface area contributed by atoms with E-state index in [4.69, 9.17) is 4.74 Å². The summed E-state index contributed by atoms with van der Waals surface area (Å²) in [7, 11) is 0. The first-order valence-electron chi connectivity index (χ1n) is 10.3. The van der Waals surface area contributed by atoms with Crippen LogP contribution in [0.25, 0.3) is 0 Å². The van der Waals surface area contributed by atoms with Gasteiger partial charge in [-0.25, -0.2) is 4.79 Å². The molecule has 0 aromatic carbocycles. The van der Waals surface area contributed by atoms with Gasteiger partial charge in [-0.3, -0.25) is 9.59 Å². The molecule has 3 aliphatic rings. The monoisotopic (exact) mass is 377 g/mol. The zero-order chi connectivity index (χ0) is 19.2. The molecule has 0 radical (unpaired) electrons. The van der Waals surface area contributed by atoms with Crippen molar-refractivity contribution in [2.24, 2.45) is 11.8 Å². The number of nitrogens with zero attached hydrogens (tertiary/aromatic N) is 2. The normalized spacial score (nSPS) is 24.9. The van der Waals surface area contributed by atoms with Crippen molar-refractivity contribution in [3.05, 3.63) is 11.6 Å². The molecule has 1 aliphatic heterocycles. The molecule has 0 aromatic heterocycles. The molecule has 3 amide bonds. The Balaban J connectivity index is 1.35.